The van der Waals surface area contributed by atoms with Crippen LogP contribution in [0.2, 0.25) is 0 Å². The van der Waals surface area contributed by atoms with Gasteiger partial charge in [0.25, 0.3) is 0 Å². The lowest BCUT2D eigenvalue weighted by Crippen LogP contribution is -2.17. The Morgan fingerprint density at radius 1 is 1.04 bits per heavy atom. The van der Waals surface area contributed by atoms with Gasteiger partial charge in [0.15, 0.2) is 11.5 Å². The quantitative estimate of drug-likeness (QED) is 0.835. The first-order valence-corrected chi connectivity index (χ1v) is 8.19. The van der Waals surface area contributed by atoms with Gasteiger partial charge in [-0.1, -0.05) is 22.0 Å². The number of nitrogens with one attached hydrogen (secondary N) is 2. The van der Waals surface area contributed by atoms with E-state index in [2.05, 4.69) is 26.6 Å². The molecule has 0 atom stereocenters. The van der Waals surface area contributed by atoms with E-state index in [4.69, 9.17) is 9.47 Å². The van der Waals surface area contributed by atoms with Crippen molar-refractivity contribution >= 4 is 33.2 Å². The lowest BCUT2D eigenvalue weighted by molar-refractivity contribution is -0.115. The van der Waals surface area contributed by atoms with Crippen molar-refractivity contribution in [2.75, 3.05) is 30.4 Å². The summed E-state index contributed by atoms with van der Waals surface area (Å²) in [5.41, 5.74) is 1.69. The second-order valence-electron chi connectivity index (χ2n) is 5.09. The molecule has 1 aliphatic rings. The molecule has 0 spiro atoms. The first kappa shape index (κ1) is 15.7. The van der Waals surface area contributed by atoms with E-state index in [0.29, 0.717) is 26.2 Å². The summed E-state index contributed by atoms with van der Waals surface area (Å²) in [4.78, 5) is 11.9. The van der Waals surface area contributed by atoms with E-state index in [1.165, 1.54) is 0 Å². The van der Waals surface area contributed by atoms with E-state index < -0.39 is 0 Å². The maximum Gasteiger partial charge on any atom is 0.226 e. The Morgan fingerprint density at radius 2 is 1.87 bits per heavy atom. The van der Waals surface area contributed by atoms with E-state index in [9.17, 15) is 4.79 Å². The van der Waals surface area contributed by atoms with Gasteiger partial charge < -0.3 is 20.1 Å². The first-order valence-electron chi connectivity index (χ1n) is 7.40. The molecule has 0 aromatic heterocycles. The number of hydrogen-bond acceptors (Lipinski definition) is 4. The van der Waals surface area contributed by atoms with Crippen molar-refractivity contribution in [3.63, 3.8) is 0 Å². The Kier molecular flexibility index (Phi) is 5.02. The lowest BCUT2D eigenvalue weighted by Gasteiger charge is -2.19. The van der Waals surface area contributed by atoms with Crippen LogP contribution in [0.1, 0.15) is 6.42 Å². The van der Waals surface area contributed by atoms with Gasteiger partial charge in [0.2, 0.25) is 5.91 Å². The number of halogens is 1. The van der Waals surface area contributed by atoms with Crippen LogP contribution in [0.5, 0.6) is 11.5 Å². The minimum absolute atomic E-state index is 0.0341. The van der Waals surface area contributed by atoms with E-state index in [0.717, 1.165) is 27.3 Å². The summed E-state index contributed by atoms with van der Waals surface area (Å²) in [6.45, 7) is 1.68. The molecule has 23 heavy (non-hydrogen) atoms. The molecule has 0 saturated heterocycles. The highest BCUT2D eigenvalue weighted by atomic mass is 79.9. The van der Waals surface area contributed by atoms with Crippen LogP contribution < -0.4 is 20.1 Å². The van der Waals surface area contributed by atoms with Crippen LogP contribution in [0, 0.1) is 0 Å². The van der Waals surface area contributed by atoms with Gasteiger partial charge in [0, 0.05) is 34.9 Å². The van der Waals surface area contributed by atoms with Crippen molar-refractivity contribution in [3.8, 4) is 11.5 Å². The van der Waals surface area contributed by atoms with E-state index in [-0.39, 0.29) is 5.91 Å². The zero-order valence-electron chi connectivity index (χ0n) is 12.5. The molecular weight excluding hydrogens is 360 g/mol. The highest BCUT2D eigenvalue weighted by Gasteiger charge is 2.11. The Hall–Kier alpha value is -2.21. The average molecular weight is 377 g/mol. The van der Waals surface area contributed by atoms with Crippen molar-refractivity contribution in [2.24, 2.45) is 0 Å². The summed E-state index contributed by atoms with van der Waals surface area (Å²) < 4.78 is 11.9. The highest BCUT2D eigenvalue weighted by Crippen LogP contribution is 2.32. The zero-order valence-corrected chi connectivity index (χ0v) is 14.1. The standard InChI is InChI=1S/C17H17BrN2O3/c18-12-2-1-3-14(10-12)20-17(21)6-7-19-13-4-5-15-16(11-13)23-9-8-22-15/h1-5,10-11,19H,6-9H2,(H,20,21). The minimum atomic E-state index is -0.0341. The predicted octanol–water partition coefficient (Wildman–Crippen LogP) is 3.66. The molecule has 120 valence electrons. The molecule has 1 aliphatic heterocycles. The number of carbonyl (C=O) groups is 1. The van der Waals surface area contributed by atoms with Crippen LogP contribution >= 0.6 is 15.9 Å². The highest BCUT2D eigenvalue weighted by molar-refractivity contribution is 9.10. The number of anilines is 2. The molecule has 1 amide bonds. The van der Waals surface area contributed by atoms with E-state index >= 15 is 0 Å². The second kappa shape index (κ2) is 7.37. The van der Waals surface area contributed by atoms with Crippen molar-refractivity contribution in [2.45, 2.75) is 6.42 Å². The predicted molar refractivity (Wildman–Crippen MR) is 93.3 cm³/mol. The average Bonchev–Trinajstić information content (AvgIpc) is 2.55. The van der Waals surface area contributed by atoms with Crippen LogP contribution in [-0.2, 0) is 4.79 Å². The van der Waals surface area contributed by atoms with Gasteiger partial charge >= 0.3 is 0 Å². The molecular formula is C17H17BrN2O3. The largest absolute Gasteiger partial charge is 0.486 e. The molecule has 0 aliphatic carbocycles. The van der Waals surface area contributed by atoms with Gasteiger partial charge in [-0.05, 0) is 30.3 Å². The van der Waals surface area contributed by atoms with E-state index in [1.807, 2.05) is 42.5 Å². The number of fused-ring (bicyclic) bond motifs is 1. The molecule has 2 aromatic carbocycles. The summed E-state index contributed by atoms with van der Waals surface area (Å²) in [5, 5.41) is 6.08. The summed E-state index contributed by atoms with van der Waals surface area (Å²) >= 11 is 3.38. The first-order chi connectivity index (χ1) is 11.2. The summed E-state index contributed by atoms with van der Waals surface area (Å²) in [6.07, 6.45) is 0.376. The maximum atomic E-state index is 11.9. The smallest absolute Gasteiger partial charge is 0.226 e. The van der Waals surface area contributed by atoms with Crippen LogP contribution in [-0.4, -0.2) is 25.7 Å². The summed E-state index contributed by atoms with van der Waals surface area (Å²) in [5.74, 6) is 1.46. The zero-order chi connectivity index (χ0) is 16.1. The second-order valence-corrected chi connectivity index (χ2v) is 6.01. The minimum Gasteiger partial charge on any atom is -0.486 e. The fourth-order valence-electron chi connectivity index (χ4n) is 2.26. The molecule has 0 fully saturated rings. The summed E-state index contributed by atoms with van der Waals surface area (Å²) in [6, 6.07) is 13.2. The molecule has 5 nitrogen and oxygen atoms in total. The Labute approximate surface area is 143 Å². The number of carbonyl (C=O) groups excluding carboxylic acids is 1. The molecule has 1 heterocycles. The monoisotopic (exact) mass is 376 g/mol. The lowest BCUT2D eigenvalue weighted by atomic mass is 10.2. The van der Waals surface area contributed by atoms with Gasteiger partial charge in [-0.25, -0.2) is 0 Å². The van der Waals surface area contributed by atoms with Crippen molar-refractivity contribution in [3.05, 3.63) is 46.9 Å². The van der Waals surface area contributed by atoms with Gasteiger partial charge in [-0.3, -0.25) is 4.79 Å². The fraction of sp³-hybridized carbons (Fsp3) is 0.235. The Bertz CT molecular complexity index is 706. The van der Waals surface area contributed by atoms with Gasteiger partial charge in [-0.15, -0.1) is 0 Å². The Morgan fingerprint density at radius 3 is 2.70 bits per heavy atom. The Balaban J connectivity index is 1.48. The molecule has 2 N–H and O–H groups in total. The van der Waals surface area contributed by atoms with E-state index in [1.54, 1.807) is 0 Å². The summed E-state index contributed by atoms with van der Waals surface area (Å²) in [7, 11) is 0. The fourth-order valence-corrected chi connectivity index (χ4v) is 2.66. The number of hydrogen-bond donors (Lipinski definition) is 2. The van der Waals surface area contributed by atoms with Gasteiger partial charge in [-0.2, -0.15) is 0 Å². The van der Waals surface area contributed by atoms with Crippen LogP contribution in [0.15, 0.2) is 46.9 Å². The number of ether oxygens (including phenoxy) is 2. The van der Waals surface area contributed by atoms with Gasteiger partial charge in [0.1, 0.15) is 13.2 Å². The molecule has 0 radical (unpaired) electrons. The number of rotatable bonds is 5. The third kappa shape index (κ3) is 4.39. The molecule has 0 unspecified atom stereocenters. The number of benzene rings is 2. The SMILES string of the molecule is O=C(CCNc1ccc2c(c1)OCCO2)Nc1cccc(Br)c1. The third-order valence-electron chi connectivity index (χ3n) is 3.33. The van der Waals surface area contributed by atoms with Crippen molar-refractivity contribution < 1.29 is 14.3 Å². The van der Waals surface area contributed by atoms with Crippen LogP contribution in [0.4, 0.5) is 11.4 Å². The maximum absolute atomic E-state index is 11.9. The molecule has 6 heteroatoms. The molecule has 3 rings (SSSR count). The molecule has 0 saturated carbocycles. The molecule has 0 bridgehead atoms. The van der Waals surface area contributed by atoms with Crippen LogP contribution in [0.3, 0.4) is 0 Å². The normalized spacial score (nSPS) is 12.6. The van der Waals surface area contributed by atoms with Gasteiger partial charge in [0.05, 0.1) is 0 Å². The molecule has 2 aromatic rings. The topological polar surface area (TPSA) is 59.6 Å². The van der Waals surface area contributed by atoms with Crippen LogP contribution in [0.25, 0.3) is 0 Å². The third-order valence-corrected chi connectivity index (χ3v) is 3.82. The number of amides is 1. The van der Waals surface area contributed by atoms with Crippen molar-refractivity contribution in [1.82, 2.24) is 0 Å². The van der Waals surface area contributed by atoms with Crippen molar-refractivity contribution in [1.29, 1.82) is 0 Å².